The fourth-order valence-electron chi connectivity index (χ4n) is 1.24. The number of carbonyl (C=O) groups excluding carboxylic acids is 1. The number of esters is 1. The molecule has 0 amide bonds. The molecular formula is C13H13ClN2O2. The molecule has 0 unspecified atom stereocenters. The summed E-state index contributed by atoms with van der Waals surface area (Å²) in [7, 11) is 0. The predicted octanol–water partition coefficient (Wildman–Crippen LogP) is 2.74. The second kappa shape index (κ2) is 7.36. The highest BCUT2D eigenvalue weighted by Crippen LogP contribution is 2.22. The van der Waals surface area contributed by atoms with Gasteiger partial charge < -0.3 is 10.1 Å². The molecule has 1 aromatic carbocycles. The minimum Gasteiger partial charge on any atom is -0.463 e. The zero-order valence-electron chi connectivity index (χ0n) is 9.94. The summed E-state index contributed by atoms with van der Waals surface area (Å²) in [5, 5.41) is 12.2. The SMILES string of the molecule is CCOC(=O)/C=C/CNc1ccc(C#N)cc1Cl. The number of ether oxygens (including phenoxy) is 1. The van der Waals surface area contributed by atoms with Crippen LogP contribution in [0, 0.1) is 11.3 Å². The van der Waals surface area contributed by atoms with Crippen LogP contribution in [0.15, 0.2) is 30.4 Å². The number of nitrogens with zero attached hydrogens (tertiary/aromatic N) is 1. The number of hydrogen-bond donors (Lipinski definition) is 1. The average Bonchev–Trinajstić information content (AvgIpc) is 2.36. The normalized spacial score (nSPS) is 10.1. The van der Waals surface area contributed by atoms with Gasteiger partial charge in [-0.1, -0.05) is 17.7 Å². The van der Waals surface area contributed by atoms with E-state index in [9.17, 15) is 4.79 Å². The molecule has 94 valence electrons. The van der Waals surface area contributed by atoms with Crippen molar-refractivity contribution < 1.29 is 9.53 Å². The van der Waals surface area contributed by atoms with Crippen LogP contribution < -0.4 is 5.32 Å². The maximum Gasteiger partial charge on any atom is 0.330 e. The Morgan fingerprint density at radius 1 is 1.61 bits per heavy atom. The summed E-state index contributed by atoms with van der Waals surface area (Å²) >= 11 is 5.97. The molecule has 4 nitrogen and oxygen atoms in total. The van der Waals surface area contributed by atoms with E-state index in [4.69, 9.17) is 21.6 Å². The van der Waals surface area contributed by atoms with Crippen molar-refractivity contribution in [2.45, 2.75) is 6.92 Å². The Balaban J connectivity index is 2.50. The van der Waals surface area contributed by atoms with Gasteiger partial charge in [0.2, 0.25) is 0 Å². The molecule has 0 aliphatic heterocycles. The van der Waals surface area contributed by atoms with Gasteiger partial charge in [-0.3, -0.25) is 0 Å². The van der Waals surface area contributed by atoms with E-state index >= 15 is 0 Å². The average molecular weight is 265 g/mol. The van der Waals surface area contributed by atoms with Gasteiger partial charge in [-0.25, -0.2) is 4.79 Å². The monoisotopic (exact) mass is 264 g/mol. The van der Waals surface area contributed by atoms with Gasteiger partial charge >= 0.3 is 5.97 Å². The lowest BCUT2D eigenvalue weighted by Gasteiger charge is -2.05. The quantitative estimate of drug-likeness (QED) is 0.656. The van der Waals surface area contributed by atoms with E-state index in [1.165, 1.54) is 6.08 Å². The van der Waals surface area contributed by atoms with Crippen molar-refractivity contribution in [1.82, 2.24) is 0 Å². The van der Waals surface area contributed by atoms with Crippen LogP contribution in [-0.4, -0.2) is 19.1 Å². The number of benzene rings is 1. The van der Waals surface area contributed by atoms with Crippen molar-refractivity contribution in [3.05, 3.63) is 40.9 Å². The number of anilines is 1. The van der Waals surface area contributed by atoms with Gasteiger partial charge in [0, 0.05) is 12.6 Å². The molecule has 0 radical (unpaired) electrons. The molecule has 0 aromatic heterocycles. The van der Waals surface area contributed by atoms with Crippen molar-refractivity contribution >= 4 is 23.3 Å². The molecule has 0 saturated carbocycles. The Hall–Kier alpha value is -1.99. The van der Waals surface area contributed by atoms with Crippen LogP contribution in [0.3, 0.4) is 0 Å². The molecule has 0 aliphatic rings. The van der Waals surface area contributed by atoms with Crippen LogP contribution in [0.2, 0.25) is 5.02 Å². The minimum absolute atomic E-state index is 0.359. The van der Waals surface area contributed by atoms with Crippen molar-refractivity contribution in [3.8, 4) is 6.07 Å². The molecule has 5 heteroatoms. The highest BCUT2D eigenvalue weighted by molar-refractivity contribution is 6.33. The third kappa shape index (κ3) is 4.48. The lowest BCUT2D eigenvalue weighted by molar-refractivity contribution is -0.137. The third-order valence-corrected chi connectivity index (χ3v) is 2.36. The Bertz CT molecular complexity index is 492. The summed E-state index contributed by atoms with van der Waals surface area (Å²) in [5.41, 5.74) is 1.22. The van der Waals surface area contributed by atoms with E-state index in [0.29, 0.717) is 29.4 Å². The molecule has 0 spiro atoms. The summed E-state index contributed by atoms with van der Waals surface area (Å²) in [6.45, 7) is 2.56. The van der Waals surface area contributed by atoms with Gasteiger partial charge in [0.05, 0.1) is 28.9 Å². The molecule has 18 heavy (non-hydrogen) atoms. The van der Waals surface area contributed by atoms with Crippen molar-refractivity contribution in [1.29, 1.82) is 5.26 Å². The lowest BCUT2D eigenvalue weighted by Crippen LogP contribution is -2.02. The van der Waals surface area contributed by atoms with Crippen LogP contribution in [0.4, 0.5) is 5.69 Å². The molecule has 0 atom stereocenters. The van der Waals surface area contributed by atoms with E-state index in [1.807, 2.05) is 6.07 Å². The Kier molecular flexibility index (Phi) is 5.75. The molecule has 0 fully saturated rings. The number of hydrogen-bond acceptors (Lipinski definition) is 4. The van der Waals surface area contributed by atoms with Crippen molar-refractivity contribution in [3.63, 3.8) is 0 Å². The summed E-state index contributed by atoms with van der Waals surface area (Å²) in [6, 6.07) is 6.98. The Labute approximate surface area is 111 Å². The van der Waals surface area contributed by atoms with Gasteiger partial charge in [-0.2, -0.15) is 5.26 Å². The zero-order chi connectivity index (χ0) is 13.4. The van der Waals surface area contributed by atoms with E-state index in [-0.39, 0.29) is 5.97 Å². The summed E-state index contributed by atoms with van der Waals surface area (Å²) < 4.78 is 4.73. The number of carbonyl (C=O) groups is 1. The van der Waals surface area contributed by atoms with E-state index < -0.39 is 0 Å². The molecule has 0 heterocycles. The maximum atomic E-state index is 11.0. The van der Waals surface area contributed by atoms with Crippen LogP contribution in [-0.2, 0) is 9.53 Å². The first-order valence-corrected chi connectivity index (χ1v) is 5.82. The lowest BCUT2D eigenvalue weighted by atomic mass is 10.2. The van der Waals surface area contributed by atoms with Gasteiger partial charge in [-0.05, 0) is 25.1 Å². The highest BCUT2D eigenvalue weighted by atomic mass is 35.5. The summed E-state index contributed by atoms with van der Waals surface area (Å²) in [4.78, 5) is 11.0. The fourth-order valence-corrected chi connectivity index (χ4v) is 1.49. The largest absolute Gasteiger partial charge is 0.463 e. The fraction of sp³-hybridized carbons (Fsp3) is 0.231. The van der Waals surface area contributed by atoms with Crippen LogP contribution in [0.25, 0.3) is 0 Å². The molecule has 0 aliphatic carbocycles. The first kappa shape index (κ1) is 14.1. The Morgan fingerprint density at radius 3 is 3.00 bits per heavy atom. The summed E-state index contributed by atoms with van der Waals surface area (Å²) in [5.74, 6) is -0.370. The zero-order valence-corrected chi connectivity index (χ0v) is 10.7. The van der Waals surface area contributed by atoms with E-state index in [0.717, 1.165) is 0 Å². The Morgan fingerprint density at radius 2 is 2.39 bits per heavy atom. The van der Waals surface area contributed by atoms with Gasteiger partial charge in [0.1, 0.15) is 0 Å². The second-order valence-electron chi connectivity index (χ2n) is 3.34. The molecule has 1 rings (SSSR count). The van der Waals surface area contributed by atoms with Crippen LogP contribution in [0.5, 0.6) is 0 Å². The topological polar surface area (TPSA) is 62.1 Å². The van der Waals surface area contributed by atoms with Gasteiger partial charge in [-0.15, -0.1) is 0 Å². The summed E-state index contributed by atoms with van der Waals surface area (Å²) in [6.07, 6.45) is 3.00. The molecule has 1 N–H and O–H groups in total. The van der Waals surface area contributed by atoms with Gasteiger partial charge in [0.15, 0.2) is 0 Å². The van der Waals surface area contributed by atoms with Gasteiger partial charge in [0.25, 0.3) is 0 Å². The molecule has 0 bridgehead atoms. The molecule has 0 saturated heterocycles. The standard InChI is InChI=1S/C13H13ClN2O2/c1-2-18-13(17)4-3-7-16-12-6-5-10(9-15)8-11(12)14/h3-6,8,16H,2,7H2,1H3/b4-3+. The smallest absolute Gasteiger partial charge is 0.330 e. The van der Waals surface area contributed by atoms with E-state index in [2.05, 4.69) is 5.32 Å². The first-order chi connectivity index (χ1) is 8.67. The third-order valence-electron chi connectivity index (χ3n) is 2.05. The predicted molar refractivity (Wildman–Crippen MR) is 70.4 cm³/mol. The van der Waals surface area contributed by atoms with Crippen LogP contribution >= 0.6 is 11.6 Å². The number of nitriles is 1. The molecular weight excluding hydrogens is 252 g/mol. The maximum absolute atomic E-state index is 11.0. The second-order valence-corrected chi connectivity index (χ2v) is 3.75. The first-order valence-electron chi connectivity index (χ1n) is 5.44. The highest BCUT2D eigenvalue weighted by Gasteiger charge is 2.00. The van der Waals surface area contributed by atoms with E-state index in [1.54, 1.807) is 31.2 Å². The van der Waals surface area contributed by atoms with Crippen molar-refractivity contribution in [2.24, 2.45) is 0 Å². The number of rotatable bonds is 5. The number of nitrogens with one attached hydrogen (secondary N) is 1. The number of halogens is 1. The van der Waals surface area contributed by atoms with Crippen molar-refractivity contribution in [2.75, 3.05) is 18.5 Å². The minimum atomic E-state index is -0.370. The van der Waals surface area contributed by atoms with Crippen LogP contribution in [0.1, 0.15) is 12.5 Å². The molecule has 1 aromatic rings.